The maximum absolute atomic E-state index is 10.8. The number of carboxylic acid groups (broad SMARTS) is 1. The second kappa shape index (κ2) is 2.08. The van der Waals surface area contributed by atoms with Gasteiger partial charge in [0.25, 0.3) is 0 Å². The van der Waals surface area contributed by atoms with Crippen LogP contribution < -0.4 is 0 Å². The van der Waals surface area contributed by atoms with Crippen molar-refractivity contribution in [3.63, 3.8) is 0 Å². The largest absolute Gasteiger partial charge is 0.481 e. The number of hydrogen-bond donors (Lipinski definition) is 1. The van der Waals surface area contributed by atoms with Crippen molar-refractivity contribution in [3.8, 4) is 0 Å². The van der Waals surface area contributed by atoms with Crippen molar-refractivity contribution in [2.24, 2.45) is 5.41 Å². The predicted molar refractivity (Wildman–Crippen MR) is 47.5 cm³/mol. The highest BCUT2D eigenvalue weighted by molar-refractivity contribution is 5.79. The fourth-order valence-corrected chi connectivity index (χ4v) is 2.68. The van der Waals surface area contributed by atoms with E-state index in [4.69, 9.17) is 9.84 Å². The standard InChI is InChI=1S/C10H16O3/c1-8(2,3)13-10-4-9(5-10,6-10)7(11)12/h4-6H2,1-3H3,(H,11,12). The van der Waals surface area contributed by atoms with Gasteiger partial charge >= 0.3 is 5.97 Å². The molecule has 74 valence electrons. The molecule has 3 heteroatoms. The van der Waals surface area contributed by atoms with Crippen LogP contribution in [0.2, 0.25) is 0 Å². The molecule has 0 aromatic rings. The summed E-state index contributed by atoms with van der Waals surface area (Å²) in [7, 11) is 0. The van der Waals surface area contributed by atoms with Crippen LogP contribution >= 0.6 is 0 Å². The van der Waals surface area contributed by atoms with Gasteiger partial charge in [-0.25, -0.2) is 0 Å². The molecule has 0 aromatic heterocycles. The van der Waals surface area contributed by atoms with Crippen LogP contribution in [0, 0.1) is 5.41 Å². The molecule has 2 bridgehead atoms. The highest BCUT2D eigenvalue weighted by Gasteiger charge is 2.73. The maximum Gasteiger partial charge on any atom is 0.309 e. The van der Waals surface area contributed by atoms with Crippen molar-refractivity contribution in [2.45, 2.75) is 51.2 Å². The minimum atomic E-state index is -0.646. The summed E-state index contributed by atoms with van der Waals surface area (Å²) in [6.07, 6.45) is 2.14. The second-order valence-electron chi connectivity index (χ2n) is 5.51. The van der Waals surface area contributed by atoms with Crippen molar-refractivity contribution in [3.05, 3.63) is 0 Å². The highest BCUT2D eigenvalue weighted by Crippen LogP contribution is 2.69. The molecular weight excluding hydrogens is 168 g/mol. The van der Waals surface area contributed by atoms with E-state index in [1.165, 1.54) is 0 Å². The van der Waals surface area contributed by atoms with E-state index >= 15 is 0 Å². The Morgan fingerprint density at radius 2 is 1.77 bits per heavy atom. The topological polar surface area (TPSA) is 46.5 Å². The lowest BCUT2D eigenvalue weighted by molar-refractivity contribution is -0.311. The van der Waals surface area contributed by atoms with Gasteiger partial charge in [0.1, 0.15) is 0 Å². The molecule has 3 nitrogen and oxygen atoms in total. The molecule has 0 aromatic carbocycles. The van der Waals surface area contributed by atoms with Crippen LogP contribution in [-0.2, 0) is 9.53 Å². The molecule has 0 heterocycles. The van der Waals surface area contributed by atoms with Gasteiger partial charge in [-0.3, -0.25) is 4.79 Å². The lowest BCUT2D eigenvalue weighted by Crippen LogP contribution is -2.72. The van der Waals surface area contributed by atoms with Crippen molar-refractivity contribution >= 4 is 5.97 Å². The van der Waals surface area contributed by atoms with E-state index in [0.29, 0.717) is 19.3 Å². The zero-order valence-corrected chi connectivity index (χ0v) is 8.39. The van der Waals surface area contributed by atoms with Crippen LogP contribution in [0.3, 0.4) is 0 Å². The van der Waals surface area contributed by atoms with Gasteiger partial charge in [-0.15, -0.1) is 0 Å². The zero-order valence-electron chi connectivity index (χ0n) is 8.39. The molecule has 3 fully saturated rings. The summed E-state index contributed by atoms with van der Waals surface area (Å²) in [6.45, 7) is 6.04. The molecule has 3 aliphatic rings. The minimum absolute atomic E-state index is 0.0867. The first-order chi connectivity index (χ1) is 5.77. The maximum atomic E-state index is 10.8. The number of carbonyl (C=O) groups is 1. The Bertz CT molecular complexity index is 242. The summed E-state index contributed by atoms with van der Waals surface area (Å²) in [5, 5.41) is 8.89. The Hall–Kier alpha value is -0.570. The van der Waals surface area contributed by atoms with Gasteiger partial charge in [-0.1, -0.05) is 0 Å². The monoisotopic (exact) mass is 184 g/mol. The number of hydrogen-bond acceptors (Lipinski definition) is 2. The average Bonchev–Trinajstić information content (AvgIpc) is 1.71. The molecule has 0 unspecified atom stereocenters. The van der Waals surface area contributed by atoms with Gasteiger partial charge in [0.05, 0.1) is 16.6 Å². The van der Waals surface area contributed by atoms with E-state index < -0.39 is 11.4 Å². The molecule has 3 aliphatic carbocycles. The summed E-state index contributed by atoms with van der Waals surface area (Å²) < 4.78 is 5.84. The highest BCUT2D eigenvalue weighted by atomic mass is 16.5. The molecule has 0 saturated heterocycles. The Kier molecular flexibility index (Phi) is 1.44. The van der Waals surface area contributed by atoms with E-state index in [-0.39, 0.29) is 11.2 Å². The molecule has 0 radical (unpaired) electrons. The first-order valence-corrected chi connectivity index (χ1v) is 4.71. The molecule has 0 amide bonds. The number of carboxylic acids is 1. The first-order valence-electron chi connectivity index (χ1n) is 4.71. The summed E-state index contributed by atoms with van der Waals surface area (Å²) in [6, 6.07) is 0. The molecule has 0 atom stereocenters. The summed E-state index contributed by atoms with van der Waals surface area (Å²) in [5.41, 5.74) is -0.646. The van der Waals surface area contributed by atoms with Crippen molar-refractivity contribution < 1.29 is 14.6 Å². The molecule has 1 N–H and O–H groups in total. The van der Waals surface area contributed by atoms with Gasteiger partial charge in [-0.2, -0.15) is 0 Å². The smallest absolute Gasteiger partial charge is 0.309 e. The van der Waals surface area contributed by atoms with Crippen molar-refractivity contribution in [2.75, 3.05) is 0 Å². The van der Waals surface area contributed by atoms with Gasteiger partial charge in [0.2, 0.25) is 0 Å². The lowest BCUT2D eigenvalue weighted by atomic mass is 9.41. The van der Waals surface area contributed by atoms with Gasteiger partial charge in [0, 0.05) is 0 Å². The quantitative estimate of drug-likeness (QED) is 0.712. The fourth-order valence-electron chi connectivity index (χ4n) is 2.68. The van der Waals surface area contributed by atoms with Crippen LogP contribution in [0.15, 0.2) is 0 Å². The molecular formula is C10H16O3. The van der Waals surface area contributed by atoms with Crippen LogP contribution in [0.25, 0.3) is 0 Å². The lowest BCUT2D eigenvalue weighted by Gasteiger charge is -2.68. The molecule has 0 spiro atoms. The zero-order chi connectivity index (χ0) is 9.91. The average molecular weight is 184 g/mol. The molecule has 0 aliphatic heterocycles. The number of rotatable bonds is 2. The normalized spacial score (nSPS) is 42.1. The molecule has 3 saturated carbocycles. The van der Waals surface area contributed by atoms with Crippen LogP contribution in [0.1, 0.15) is 40.0 Å². The van der Waals surface area contributed by atoms with Gasteiger partial charge in [-0.05, 0) is 40.0 Å². The fraction of sp³-hybridized carbons (Fsp3) is 0.900. The third-order valence-corrected chi connectivity index (χ3v) is 2.96. The summed E-state index contributed by atoms with van der Waals surface area (Å²) in [5.74, 6) is -0.646. The second-order valence-corrected chi connectivity index (χ2v) is 5.51. The summed E-state index contributed by atoms with van der Waals surface area (Å²) >= 11 is 0. The molecule has 13 heavy (non-hydrogen) atoms. The van der Waals surface area contributed by atoms with E-state index in [2.05, 4.69) is 0 Å². The third kappa shape index (κ3) is 1.17. The first kappa shape index (κ1) is 9.00. The minimum Gasteiger partial charge on any atom is -0.481 e. The Labute approximate surface area is 78.1 Å². The van der Waals surface area contributed by atoms with Crippen LogP contribution in [-0.4, -0.2) is 22.3 Å². The van der Waals surface area contributed by atoms with Crippen LogP contribution in [0.4, 0.5) is 0 Å². The van der Waals surface area contributed by atoms with E-state index in [1.54, 1.807) is 0 Å². The Morgan fingerprint density at radius 1 is 1.31 bits per heavy atom. The number of ether oxygens (including phenoxy) is 1. The Morgan fingerprint density at radius 3 is 2.08 bits per heavy atom. The number of aliphatic carboxylic acids is 1. The van der Waals surface area contributed by atoms with E-state index in [1.807, 2.05) is 20.8 Å². The van der Waals surface area contributed by atoms with Crippen LogP contribution in [0.5, 0.6) is 0 Å². The van der Waals surface area contributed by atoms with E-state index in [0.717, 1.165) is 0 Å². The summed E-state index contributed by atoms with van der Waals surface area (Å²) in [4.78, 5) is 10.8. The predicted octanol–water partition coefficient (Wildman–Crippen LogP) is 1.81. The Balaban J connectivity index is 1.94. The van der Waals surface area contributed by atoms with E-state index in [9.17, 15) is 4.79 Å². The SMILES string of the molecule is CC(C)(C)OC12CC(C(=O)O)(C1)C2. The van der Waals surface area contributed by atoms with Gasteiger partial charge < -0.3 is 9.84 Å². The van der Waals surface area contributed by atoms with Crippen molar-refractivity contribution in [1.82, 2.24) is 0 Å². The molecule has 3 rings (SSSR count). The van der Waals surface area contributed by atoms with Crippen molar-refractivity contribution in [1.29, 1.82) is 0 Å². The third-order valence-electron chi connectivity index (χ3n) is 2.96. The van der Waals surface area contributed by atoms with Gasteiger partial charge in [0.15, 0.2) is 0 Å².